The lowest BCUT2D eigenvalue weighted by molar-refractivity contribution is -0.140. The lowest BCUT2D eigenvalue weighted by Gasteiger charge is -2.21. The number of aromatic nitrogens is 1. The zero-order valence-electron chi connectivity index (χ0n) is 17.1. The minimum atomic E-state index is -0.555. The summed E-state index contributed by atoms with van der Waals surface area (Å²) >= 11 is 0. The summed E-state index contributed by atoms with van der Waals surface area (Å²) in [6.45, 7) is 8.20. The van der Waals surface area contributed by atoms with Gasteiger partial charge in [-0.1, -0.05) is 37.3 Å². The number of nitrogen functional groups attached to an aromatic ring is 1. The monoisotopic (exact) mass is 399 g/mol. The summed E-state index contributed by atoms with van der Waals surface area (Å²) in [4.78, 5) is 17.4. The molecule has 4 N–H and O–H groups in total. The standard InChI is InChI=1S/C21H29N5O3/c1-5-15(2)9-10-18(21(27)28-4)29-13-16(3)11-12-26(14-22)20(24)17-7-6-8-19(23)25-17/h5-10,14,16,22,24H,1,11-13H2,2-4H3,(H2,23,25)/b15-9-,18-10+,22-14?,24-20?. The third-order valence-corrected chi connectivity index (χ3v) is 4.05. The Balaban J connectivity index is 2.66. The lowest BCUT2D eigenvalue weighted by atomic mass is 10.1. The number of hydrogen-bond acceptors (Lipinski definition) is 7. The van der Waals surface area contributed by atoms with Gasteiger partial charge in [0.25, 0.3) is 0 Å². The van der Waals surface area contributed by atoms with Crippen LogP contribution in [0.3, 0.4) is 0 Å². The van der Waals surface area contributed by atoms with E-state index >= 15 is 0 Å². The van der Waals surface area contributed by atoms with Crippen LogP contribution in [0.4, 0.5) is 5.82 Å². The highest BCUT2D eigenvalue weighted by Gasteiger charge is 2.15. The molecule has 1 rings (SSSR count). The summed E-state index contributed by atoms with van der Waals surface area (Å²) in [5.74, 6) is 0.0427. The maximum Gasteiger partial charge on any atom is 0.373 e. The van der Waals surface area contributed by atoms with Gasteiger partial charge in [0.05, 0.1) is 20.1 Å². The van der Waals surface area contributed by atoms with E-state index in [1.807, 2.05) is 13.8 Å². The van der Waals surface area contributed by atoms with Gasteiger partial charge in [-0.25, -0.2) is 9.78 Å². The highest BCUT2D eigenvalue weighted by atomic mass is 16.6. The molecule has 0 fully saturated rings. The van der Waals surface area contributed by atoms with E-state index in [0.29, 0.717) is 24.5 Å². The molecule has 1 aromatic rings. The number of amidine groups is 1. The second kappa shape index (κ2) is 12.1. The van der Waals surface area contributed by atoms with Crippen molar-refractivity contribution in [2.24, 2.45) is 5.92 Å². The first-order chi connectivity index (χ1) is 13.8. The van der Waals surface area contributed by atoms with Gasteiger partial charge < -0.3 is 20.1 Å². The average molecular weight is 399 g/mol. The Morgan fingerprint density at radius 1 is 1.41 bits per heavy atom. The van der Waals surface area contributed by atoms with E-state index in [-0.39, 0.29) is 24.1 Å². The minimum absolute atomic E-state index is 0.0663. The molecule has 8 heteroatoms. The van der Waals surface area contributed by atoms with Gasteiger partial charge in [0, 0.05) is 6.54 Å². The molecule has 29 heavy (non-hydrogen) atoms. The molecule has 0 aliphatic rings. The van der Waals surface area contributed by atoms with Gasteiger partial charge in [0.15, 0.2) is 5.84 Å². The Kier molecular flexibility index (Phi) is 9.87. The van der Waals surface area contributed by atoms with Crippen molar-refractivity contribution < 1.29 is 14.3 Å². The molecule has 1 aromatic heterocycles. The quantitative estimate of drug-likeness (QED) is 0.131. The highest BCUT2D eigenvalue weighted by molar-refractivity contribution is 6.00. The molecule has 1 unspecified atom stereocenters. The van der Waals surface area contributed by atoms with Crippen molar-refractivity contribution >= 4 is 24.0 Å². The molecule has 0 saturated carbocycles. The Bertz CT molecular complexity index is 801. The zero-order chi connectivity index (χ0) is 21.8. The summed E-state index contributed by atoms with van der Waals surface area (Å²) < 4.78 is 10.4. The third-order valence-electron chi connectivity index (χ3n) is 4.05. The number of carbonyl (C=O) groups excluding carboxylic acids is 1. The van der Waals surface area contributed by atoms with Crippen molar-refractivity contribution in [1.29, 1.82) is 10.8 Å². The SMILES string of the molecule is C=C/C(C)=C\C=C(\OCC(C)CCN(C=N)C(=N)c1cccc(N)n1)C(=O)OC. The fraction of sp³-hybridized carbons (Fsp3) is 0.333. The number of methoxy groups -OCH3 is 1. The number of carbonyl (C=O) groups is 1. The predicted molar refractivity (Wildman–Crippen MR) is 115 cm³/mol. The van der Waals surface area contributed by atoms with Gasteiger partial charge >= 0.3 is 5.97 Å². The molecule has 0 amide bonds. The molecular formula is C21H29N5O3. The number of hydrogen-bond donors (Lipinski definition) is 3. The zero-order valence-corrected chi connectivity index (χ0v) is 17.1. The van der Waals surface area contributed by atoms with Crippen LogP contribution in [0.2, 0.25) is 0 Å². The topological polar surface area (TPSA) is 125 Å². The van der Waals surface area contributed by atoms with E-state index in [0.717, 1.165) is 11.9 Å². The number of allylic oxidation sites excluding steroid dienone is 4. The molecule has 1 heterocycles. The fourth-order valence-corrected chi connectivity index (χ4v) is 2.20. The number of anilines is 1. The number of ether oxygens (including phenoxy) is 2. The normalized spacial score (nSPS) is 12.7. The van der Waals surface area contributed by atoms with Crippen LogP contribution in [0.1, 0.15) is 26.0 Å². The summed E-state index contributed by atoms with van der Waals surface area (Å²) in [5.41, 5.74) is 6.95. The van der Waals surface area contributed by atoms with Gasteiger partial charge in [-0.3, -0.25) is 10.8 Å². The Morgan fingerprint density at radius 3 is 2.72 bits per heavy atom. The van der Waals surface area contributed by atoms with E-state index in [1.54, 1.807) is 36.4 Å². The summed E-state index contributed by atoms with van der Waals surface area (Å²) in [6.07, 6.45) is 6.67. The Labute approximate surface area is 171 Å². The van der Waals surface area contributed by atoms with Gasteiger partial charge in [0.2, 0.25) is 5.76 Å². The second-order valence-corrected chi connectivity index (χ2v) is 6.46. The molecule has 0 bridgehead atoms. The van der Waals surface area contributed by atoms with Crippen LogP contribution in [0.5, 0.6) is 0 Å². The van der Waals surface area contributed by atoms with E-state index in [4.69, 9.17) is 26.0 Å². The number of nitrogens with two attached hydrogens (primary N) is 1. The first-order valence-corrected chi connectivity index (χ1v) is 9.13. The maximum atomic E-state index is 11.9. The van der Waals surface area contributed by atoms with Crippen LogP contribution in [0.25, 0.3) is 0 Å². The summed E-state index contributed by atoms with van der Waals surface area (Å²) in [6, 6.07) is 5.03. The summed E-state index contributed by atoms with van der Waals surface area (Å²) in [7, 11) is 1.30. The highest BCUT2D eigenvalue weighted by Crippen LogP contribution is 2.11. The van der Waals surface area contributed by atoms with Crippen LogP contribution >= 0.6 is 0 Å². The fourth-order valence-electron chi connectivity index (χ4n) is 2.20. The first kappa shape index (κ1) is 23.6. The Hall–Kier alpha value is -3.42. The van der Waals surface area contributed by atoms with Crippen molar-refractivity contribution in [3.05, 3.63) is 60.0 Å². The molecule has 0 aromatic carbocycles. The Morgan fingerprint density at radius 2 is 2.14 bits per heavy atom. The average Bonchev–Trinajstić information content (AvgIpc) is 2.73. The van der Waals surface area contributed by atoms with Crippen LogP contribution in [0.15, 0.2) is 54.3 Å². The molecule has 0 radical (unpaired) electrons. The van der Waals surface area contributed by atoms with Crippen LogP contribution in [0, 0.1) is 16.7 Å². The third kappa shape index (κ3) is 8.00. The molecule has 0 aliphatic carbocycles. The van der Waals surface area contributed by atoms with Crippen molar-refractivity contribution in [3.8, 4) is 0 Å². The molecule has 0 spiro atoms. The van der Waals surface area contributed by atoms with Crippen LogP contribution in [-0.4, -0.2) is 48.3 Å². The maximum absolute atomic E-state index is 11.9. The number of nitrogens with zero attached hydrogens (tertiary/aromatic N) is 2. The van der Waals surface area contributed by atoms with Gasteiger partial charge in [-0.05, 0) is 37.5 Å². The number of esters is 1. The second-order valence-electron chi connectivity index (χ2n) is 6.46. The predicted octanol–water partition coefficient (Wildman–Crippen LogP) is 3.13. The van der Waals surface area contributed by atoms with Crippen molar-refractivity contribution in [1.82, 2.24) is 9.88 Å². The minimum Gasteiger partial charge on any atom is -0.486 e. The molecule has 1 atom stereocenters. The molecule has 156 valence electrons. The van der Waals surface area contributed by atoms with Crippen molar-refractivity contribution in [2.45, 2.75) is 20.3 Å². The van der Waals surface area contributed by atoms with Crippen molar-refractivity contribution in [2.75, 3.05) is 26.0 Å². The van der Waals surface area contributed by atoms with Gasteiger partial charge in [-0.15, -0.1) is 0 Å². The van der Waals surface area contributed by atoms with Crippen LogP contribution < -0.4 is 5.73 Å². The largest absolute Gasteiger partial charge is 0.486 e. The van der Waals surface area contributed by atoms with E-state index in [9.17, 15) is 4.79 Å². The lowest BCUT2D eigenvalue weighted by Crippen LogP contribution is -2.32. The smallest absolute Gasteiger partial charge is 0.373 e. The number of pyridine rings is 1. The number of nitrogens with one attached hydrogen (secondary N) is 2. The van der Waals surface area contributed by atoms with E-state index in [2.05, 4.69) is 11.6 Å². The molecular weight excluding hydrogens is 370 g/mol. The van der Waals surface area contributed by atoms with E-state index in [1.165, 1.54) is 12.0 Å². The van der Waals surface area contributed by atoms with Gasteiger partial charge in [0.1, 0.15) is 11.5 Å². The molecule has 8 nitrogen and oxygen atoms in total. The number of rotatable bonds is 11. The van der Waals surface area contributed by atoms with Crippen molar-refractivity contribution in [3.63, 3.8) is 0 Å². The van der Waals surface area contributed by atoms with Crippen LogP contribution in [-0.2, 0) is 14.3 Å². The molecule has 0 saturated heterocycles. The van der Waals surface area contributed by atoms with Gasteiger partial charge in [-0.2, -0.15) is 0 Å². The first-order valence-electron chi connectivity index (χ1n) is 9.13. The molecule has 0 aliphatic heterocycles. The van der Waals surface area contributed by atoms with E-state index < -0.39 is 5.97 Å². The summed E-state index contributed by atoms with van der Waals surface area (Å²) in [5, 5.41) is 15.8.